The van der Waals surface area contributed by atoms with Crippen LogP contribution in [0, 0.1) is 0 Å². The number of morpholine rings is 1. The summed E-state index contributed by atoms with van der Waals surface area (Å²) in [5, 5.41) is 0. The Morgan fingerprint density at radius 2 is 2.32 bits per heavy atom. The van der Waals surface area contributed by atoms with Gasteiger partial charge in [0.25, 0.3) is 5.91 Å². The predicted octanol–water partition coefficient (Wildman–Crippen LogP) is 1.32. The molecule has 0 bridgehead atoms. The fraction of sp³-hybridized carbons (Fsp3) is 0.538. The maximum atomic E-state index is 12.3. The van der Waals surface area contributed by atoms with Gasteiger partial charge in [-0.05, 0) is 18.6 Å². The second-order valence-electron chi connectivity index (χ2n) is 4.25. The van der Waals surface area contributed by atoms with Crippen LogP contribution >= 0.6 is 11.3 Å². The molecule has 2 rings (SSSR count). The summed E-state index contributed by atoms with van der Waals surface area (Å²) in [5.74, 6) is -0.472. The topological polar surface area (TPSA) is 55.8 Å². The van der Waals surface area contributed by atoms with Crippen molar-refractivity contribution in [2.45, 2.75) is 19.4 Å². The van der Waals surface area contributed by atoms with Crippen LogP contribution in [0.4, 0.5) is 0 Å². The Labute approximate surface area is 116 Å². The van der Waals surface area contributed by atoms with E-state index < -0.39 is 12.1 Å². The van der Waals surface area contributed by atoms with E-state index in [1.807, 2.05) is 12.1 Å². The van der Waals surface area contributed by atoms with Crippen molar-refractivity contribution in [2.24, 2.45) is 0 Å². The number of hydrogen-bond donors (Lipinski definition) is 0. The van der Waals surface area contributed by atoms with E-state index >= 15 is 0 Å². The summed E-state index contributed by atoms with van der Waals surface area (Å²) >= 11 is 1.50. The van der Waals surface area contributed by atoms with Gasteiger partial charge >= 0.3 is 5.97 Å². The Hall–Kier alpha value is -1.40. The fourth-order valence-electron chi connectivity index (χ4n) is 1.95. The second-order valence-corrected chi connectivity index (χ2v) is 5.42. The van der Waals surface area contributed by atoms with Crippen LogP contribution in [0.1, 0.15) is 21.5 Å². The molecule has 1 unspecified atom stereocenters. The Bertz CT molecular complexity index is 471. The molecule has 19 heavy (non-hydrogen) atoms. The number of amides is 1. The van der Waals surface area contributed by atoms with Gasteiger partial charge in [-0.15, -0.1) is 11.3 Å². The van der Waals surface area contributed by atoms with Crippen molar-refractivity contribution >= 4 is 23.2 Å². The van der Waals surface area contributed by atoms with Gasteiger partial charge in [0, 0.05) is 11.4 Å². The number of carbonyl (C=O) groups is 2. The lowest BCUT2D eigenvalue weighted by molar-refractivity contribution is -0.158. The Morgan fingerprint density at radius 1 is 1.53 bits per heavy atom. The van der Waals surface area contributed by atoms with Gasteiger partial charge in [0.2, 0.25) is 0 Å². The van der Waals surface area contributed by atoms with E-state index in [1.54, 1.807) is 4.90 Å². The van der Waals surface area contributed by atoms with Crippen LogP contribution in [0.25, 0.3) is 0 Å². The summed E-state index contributed by atoms with van der Waals surface area (Å²) in [7, 11) is 1.32. The molecule has 0 aliphatic carbocycles. The van der Waals surface area contributed by atoms with Gasteiger partial charge in [0.1, 0.15) is 0 Å². The number of thiophene rings is 1. The largest absolute Gasteiger partial charge is 0.467 e. The van der Waals surface area contributed by atoms with E-state index in [0.717, 1.165) is 6.42 Å². The lowest BCUT2D eigenvalue weighted by Gasteiger charge is -2.31. The third kappa shape index (κ3) is 3.13. The summed E-state index contributed by atoms with van der Waals surface area (Å²) in [6.07, 6.45) is 0.250. The van der Waals surface area contributed by atoms with E-state index in [2.05, 4.69) is 11.7 Å². The Morgan fingerprint density at radius 3 is 2.95 bits per heavy atom. The molecular weight excluding hydrogens is 266 g/mol. The highest BCUT2D eigenvalue weighted by molar-refractivity contribution is 7.14. The normalized spacial score (nSPS) is 19.3. The van der Waals surface area contributed by atoms with Crippen molar-refractivity contribution in [1.29, 1.82) is 0 Å². The van der Waals surface area contributed by atoms with Crippen LogP contribution in [0.3, 0.4) is 0 Å². The molecule has 0 N–H and O–H groups in total. The molecule has 1 saturated heterocycles. The van der Waals surface area contributed by atoms with Gasteiger partial charge in [0.05, 0.1) is 25.1 Å². The van der Waals surface area contributed by atoms with Crippen LogP contribution in [-0.2, 0) is 20.7 Å². The standard InChI is InChI=1S/C13H17NO4S/c1-3-9-4-5-11(19-9)12(15)14-6-7-18-10(8-14)13(16)17-2/h4-5,10H,3,6-8H2,1-2H3. The third-order valence-corrected chi connectivity index (χ3v) is 4.26. The Balaban J connectivity index is 2.04. The smallest absolute Gasteiger partial charge is 0.336 e. The summed E-state index contributed by atoms with van der Waals surface area (Å²) < 4.78 is 9.95. The third-order valence-electron chi connectivity index (χ3n) is 3.04. The zero-order valence-electron chi connectivity index (χ0n) is 11.0. The van der Waals surface area contributed by atoms with Crippen molar-refractivity contribution in [3.05, 3.63) is 21.9 Å². The maximum absolute atomic E-state index is 12.3. The van der Waals surface area contributed by atoms with Gasteiger partial charge in [0.15, 0.2) is 6.10 Å². The zero-order valence-corrected chi connectivity index (χ0v) is 11.9. The number of esters is 1. The number of rotatable bonds is 3. The van der Waals surface area contributed by atoms with Crippen LogP contribution in [-0.4, -0.2) is 49.7 Å². The first-order valence-corrected chi connectivity index (χ1v) is 7.04. The molecule has 1 atom stereocenters. The van der Waals surface area contributed by atoms with Gasteiger partial charge in [-0.1, -0.05) is 6.92 Å². The molecule has 0 spiro atoms. The molecule has 0 aromatic carbocycles. The van der Waals surface area contributed by atoms with Gasteiger partial charge < -0.3 is 14.4 Å². The van der Waals surface area contributed by atoms with Crippen molar-refractivity contribution in [3.63, 3.8) is 0 Å². The molecule has 2 heterocycles. The van der Waals surface area contributed by atoms with Gasteiger partial charge in [-0.2, -0.15) is 0 Å². The minimum Gasteiger partial charge on any atom is -0.467 e. The van der Waals surface area contributed by atoms with Gasteiger partial charge in [-0.25, -0.2) is 4.79 Å². The SMILES string of the molecule is CCc1ccc(C(=O)N2CCOC(C(=O)OC)C2)s1. The van der Waals surface area contributed by atoms with E-state index in [4.69, 9.17) is 4.74 Å². The monoisotopic (exact) mass is 283 g/mol. The summed E-state index contributed by atoms with van der Waals surface area (Å²) in [5.41, 5.74) is 0. The number of hydrogen-bond acceptors (Lipinski definition) is 5. The molecule has 1 aromatic heterocycles. The number of ether oxygens (including phenoxy) is 2. The second kappa shape index (κ2) is 6.16. The molecule has 104 valence electrons. The highest BCUT2D eigenvalue weighted by atomic mass is 32.1. The predicted molar refractivity (Wildman–Crippen MR) is 71.4 cm³/mol. The zero-order chi connectivity index (χ0) is 13.8. The van der Waals surface area contributed by atoms with Crippen LogP contribution in [0.5, 0.6) is 0 Å². The molecule has 1 aliphatic rings. The lowest BCUT2D eigenvalue weighted by Crippen LogP contribution is -2.48. The van der Waals surface area contributed by atoms with E-state index in [0.29, 0.717) is 18.0 Å². The molecule has 1 fully saturated rings. The molecular formula is C13H17NO4S. The minimum absolute atomic E-state index is 0.0399. The van der Waals surface area contributed by atoms with Crippen LogP contribution in [0.15, 0.2) is 12.1 Å². The molecule has 6 heteroatoms. The minimum atomic E-state index is -0.673. The van der Waals surface area contributed by atoms with Crippen molar-refractivity contribution in [1.82, 2.24) is 4.90 Å². The lowest BCUT2D eigenvalue weighted by atomic mass is 10.2. The Kier molecular flexibility index (Phi) is 4.55. The highest BCUT2D eigenvalue weighted by Crippen LogP contribution is 2.20. The van der Waals surface area contributed by atoms with Crippen LogP contribution in [0.2, 0.25) is 0 Å². The molecule has 1 aromatic rings. The summed E-state index contributed by atoms with van der Waals surface area (Å²) in [4.78, 5) is 27.3. The summed E-state index contributed by atoms with van der Waals surface area (Å²) in [6.45, 7) is 3.18. The first-order valence-electron chi connectivity index (χ1n) is 6.23. The molecule has 0 saturated carbocycles. The average molecular weight is 283 g/mol. The van der Waals surface area contributed by atoms with Gasteiger partial charge in [-0.3, -0.25) is 4.79 Å². The molecule has 1 amide bonds. The van der Waals surface area contributed by atoms with Crippen molar-refractivity contribution < 1.29 is 19.1 Å². The number of carbonyl (C=O) groups excluding carboxylic acids is 2. The quantitative estimate of drug-likeness (QED) is 0.785. The van der Waals surface area contributed by atoms with E-state index in [-0.39, 0.29) is 12.5 Å². The molecule has 1 aliphatic heterocycles. The first-order chi connectivity index (χ1) is 9.15. The first kappa shape index (κ1) is 14.0. The number of aryl methyl sites for hydroxylation is 1. The number of methoxy groups -OCH3 is 1. The highest BCUT2D eigenvalue weighted by Gasteiger charge is 2.30. The van der Waals surface area contributed by atoms with Crippen molar-refractivity contribution in [3.8, 4) is 0 Å². The van der Waals surface area contributed by atoms with E-state index in [1.165, 1.54) is 23.3 Å². The molecule has 5 nitrogen and oxygen atoms in total. The number of nitrogens with zero attached hydrogens (tertiary/aromatic N) is 1. The summed E-state index contributed by atoms with van der Waals surface area (Å²) in [6, 6.07) is 3.81. The van der Waals surface area contributed by atoms with Crippen molar-refractivity contribution in [2.75, 3.05) is 26.8 Å². The maximum Gasteiger partial charge on any atom is 0.336 e. The van der Waals surface area contributed by atoms with Crippen LogP contribution < -0.4 is 0 Å². The van der Waals surface area contributed by atoms with E-state index in [9.17, 15) is 9.59 Å². The average Bonchev–Trinajstić information content (AvgIpc) is 2.94. The molecule has 0 radical (unpaired) electrons. The fourth-order valence-corrected chi connectivity index (χ4v) is 2.86.